The van der Waals surface area contributed by atoms with Crippen LogP contribution in [0.3, 0.4) is 0 Å². The molecule has 0 spiro atoms. The van der Waals surface area contributed by atoms with E-state index < -0.39 is 71.3 Å². The van der Waals surface area contributed by atoms with Crippen molar-refractivity contribution in [1.29, 1.82) is 0 Å². The second-order valence-corrected chi connectivity index (χ2v) is 14.5. The molecule has 11 nitrogen and oxygen atoms in total. The molecule has 4 amide bonds. The third-order valence-electron chi connectivity index (χ3n) is 10.7. The number of amides is 4. The van der Waals surface area contributed by atoms with Crippen LogP contribution in [0, 0.1) is 5.92 Å². The summed E-state index contributed by atoms with van der Waals surface area (Å²) in [6.45, 7) is 5.04. The number of carbonyl (C=O) groups excluding carboxylic acids is 6. The second-order valence-electron chi connectivity index (χ2n) is 14.5. The van der Waals surface area contributed by atoms with Gasteiger partial charge in [-0.2, -0.15) is 26.7 Å². The van der Waals surface area contributed by atoms with Gasteiger partial charge in [-0.3, -0.25) is 28.8 Å². The molecule has 0 aromatic heterocycles. The summed E-state index contributed by atoms with van der Waals surface area (Å²) in [6.07, 6.45) is -3.05. The lowest BCUT2D eigenvalue weighted by Gasteiger charge is -2.36. The summed E-state index contributed by atoms with van der Waals surface area (Å²) in [5.41, 5.74) is -4.14. The van der Waals surface area contributed by atoms with Crippen LogP contribution in [0.4, 0.5) is 13.2 Å². The average molecular weight is 807 g/mol. The van der Waals surface area contributed by atoms with Gasteiger partial charge in [-0.1, -0.05) is 94.8 Å². The number of alkyl halides is 3. The summed E-state index contributed by atoms with van der Waals surface area (Å²) >= 11 is 0. The van der Waals surface area contributed by atoms with Crippen molar-refractivity contribution in [3.63, 3.8) is 0 Å². The van der Waals surface area contributed by atoms with Gasteiger partial charge >= 0.3 is 6.18 Å². The Bertz CT molecular complexity index is 1670. The highest BCUT2D eigenvalue weighted by atomic mass is 32.1. The minimum atomic E-state index is -5.06. The van der Waals surface area contributed by atoms with E-state index in [-0.39, 0.29) is 63.9 Å². The summed E-state index contributed by atoms with van der Waals surface area (Å²) in [7, 11) is 0.819. The maximum Gasteiger partial charge on any atom is 0.428 e. The van der Waals surface area contributed by atoms with E-state index in [1.165, 1.54) is 30.0 Å². The van der Waals surface area contributed by atoms with Crippen molar-refractivity contribution < 1.29 is 46.7 Å². The van der Waals surface area contributed by atoms with Crippen molar-refractivity contribution in [2.75, 3.05) is 13.7 Å². The molecule has 4 rings (SSSR count). The van der Waals surface area contributed by atoms with E-state index in [2.05, 4.69) is 16.0 Å². The van der Waals surface area contributed by atoms with Crippen LogP contribution in [0.5, 0.6) is 0 Å². The SMILES string of the molecule is C.CC[C@]1(C)NC(=O)[C@H](CCCCCC(=O)[C@H](C)CC(=O)[C@@](OC)(c2ccccc2)C(F)(F)F)NC(=O)[C@H]2CCCN2C(=O)[C@H](Cc2ccccc2)NC1=O.S. The lowest BCUT2D eigenvalue weighted by Crippen LogP contribution is -2.65. The van der Waals surface area contributed by atoms with Gasteiger partial charge in [0.15, 0.2) is 5.78 Å². The predicted octanol–water partition coefficient (Wildman–Crippen LogP) is 5.46. The number of nitrogens with one attached hydrogen (secondary N) is 3. The van der Waals surface area contributed by atoms with Gasteiger partial charge in [0.1, 0.15) is 29.4 Å². The quantitative estimate of drug-likeness (QED) is 0.203. The maximum absolute atomic E-state index is 14.3. The lowest BCUT2D eigenvalue weighted by atomic mass is 9.83. The van der Waals surface area contributed by atoms with Gasteiger partial charge in [0, 0.05) is 44.4 Å². The van der Waals surface area contributed by atoms with Crippen LogP contribution in [0.2, 0.25) is 0 Å². The first kappa shape index (κ1) is 47.9. The summed E-state index contributed by atoms with van der Waals surface area (Å²) in [5, 5.41) is 8.49. The highest BCUT2D eigenvalue weighted by molar-refractivity contribution is 7.59. The number of rotatable bonds is 15. The number of Topliss-reactive ketones (excluding diaryl/α,β-unsaturated/α-hetero) is 2. The highest BCUT2D eigenvalue weighted by Gasteiger charge is 2.62. The third-order valence-corrected chi connectivity index (χ3v) is 10.7. The fourth-order valence-electron chi connectivity index (χ4n) is 7.18. The molecule has 0 unspecified atom stereocenters. The van der Waals surface area contributed by atoms with E-state index in [4.69, 9.17) is 4.74 Å². The zero-order chi connectivity index (χ0) is 39.7. The minimum Gasteiger partial charge on any atom is -0.358 e. The Hall–Kier alpha value is -4.24. The highest BCUT2D eigenvalue weighted by Crippen LogP contribution is 2.44. The van der Waals surface area contributed by atoms with Gasteiger partial charge in [0.05, 0.1) is 0 Å². The predicted molar refractivity (Wildman–Crippen MR) is 211 cm³/mol. The van der Waals surface area contributed by atoms with Crippen LogP contribution in [-0.2, 0) is 45.5 Å². The van der Waals surface area contributed by atoms with Crippen LogP contribution >= 0.6 is 13.5 Å². The Labute approximate surface area is 334 Å². The molecule has 310 valence electrons. The number of carbonyl (C=O) groups is 6. The Morgan fingerprint density at radius 3 is 2.14 bits per heavy atom. The van der Waals surface area contributed by atoms with Crippen molar-refractivity contribution >= 4 is 48.7 Å². The van der Waals surface area contributed by atoms with Crippen molar-refractivity contribution in [3.8, 4) is 0 Å². The fraction of sp³-hybridized carbons (Fsp3) is 0.561. The first-order valence-electron chi connectivity index (χ1n) is 18.6. The normalized spacial score (nSPS) is 23.3. The van der Waals surface area contributed by atoms with Crippen LogP contribution in [0.25, 0.3) is 0 Å². The average Bonchev–Trinajstić information content (AvgIpc) is 3.64. The molecule has 2 aliphatic heterocycles. The molecule has 0 saturated carbocycles. The number of ketones is 2. The number of hydrogen-bond donors (Lipinski definition) is 3. The first-order valence-corrected chi connectivity index (χ1v) is 18.6. The molecular formula is C41H57F3N4O7S. The van der Waals surface area contributed by atoms with Crippen molar-refractivity contribution in [2.45, 2.75) is 128 Å². The molecule has 2 heterocycles. The van der Waals surface area contributed by atoms with Crippen LogP contribution in [0.1, 0.15) is 97.1 Å². The Kier molecular flexibility index (Phi) is 17.8. The van der Waals surface area contributed by atoms with E-state index in [0.717, 1.165) is 24.8 Å². The molecule has 0 aliphatic carbocycles. The number of unbranched alkanes of at least 4 members (excludes halogenated alkanes) is 2. The van der Waals surface area contributed by atoms with E-state index in [1.54, 1.807) is 13.8 Å². The van der Waals surface area contributed by atoms with Gasteiger partial charge in [-0.25, -0.2) is 0 Å². The summed E-state index contributed by atoms with van der Waals surface area (Å²) in [6, 6.07) is 13.0. The van der Waals surface area contributed by atoms with Crippen LogP contribution in [-0.4, -0.2) is 83.6 Å². The molecule has 2 saturated heterocycles. The molecule has 6 atom stereocenters. The molecule has 2 aliphatic rings. The zero-order valence-electron chi connectivity index (χ0n) is 31.8. The van der Waals surface area contributed by atoms with Crippen molar-refractivity contribution in [2.24, 2.45) is 5.92 Å². The number of hydrogen-bond acceptors (Lipinski definition) is 7. The monoisotopic (exact) mass is 806 g/mol. The second kappa shape index (κ2) is 20.8. The first-order chi connectivity index (χ1) is 25.6. The van der Waals surface area contributed by atoms with Gasteiger partial charge in [-0.05, 0) is 44.6 Å². The van der Waals surface area contributed by atoms with E-state index in [9.17, 15) is 41.9 Å². The number of halogens is 3. The molecule has 15 heteroatoms. The number of ether oxygens (including phenoxy) is 1. The van der Waals surface area contributed by atoms with E-state index >= 15 is 0 Å². The smallest absolute Gasteiger partial charge is 0.358 e. The molecule has 2 fully saturated rings. The van der Waals surface area contributed by atoms with Crippen molar-refractivity contribution in [1.82, 2.24) is 20.9 Å². The Morgan fingerprint density at radius 2 is 1.55 bits per heavy atom. The number of benzene rings is 2. The van der Waals surface area contributed by atoms with Gasteiger partial charge in [0.25, 0.3) is 0 Å². The van der Waals surface area contributed by atoms with Gasteiger partial charge in [0.2, 0.25) is 29.2 Å². The molecule has 56 heavy (non-hydrogen) atoms. The number of methoxy groups -OCH3 is 1. The molecule has 2 aromatic rings. The summed E-state index contributed by atoms with van der Waals surface area (Å²) in [5.74, 6) is -4.60. The Morgan fingerprint density at radius 1 is 0.929 bits per heavy atom. The van der Waals surface area contributed by atoms with Crippen LogP contribution < -0.4 is 16.0 Å². The molecule has 2 aromatic carbocycles. The van der Waals surface area contributed by atoms with E-state index in [1.807, 2.05) is 30.3 Å². The summed E-state index contributed by atoms with van der Waals surface area (Å²) < 4.78 is 47.8. The third kappa shape index (κ3) is 11.0. The fourth-order valence-corrected chi connectivity index (χ4v) is 7.18. The number of nitrogens with zero attached hydrogens (tertiary/aromatic N) is 1. The molecule has 0 radical (unpaired) electrons. The van der Waals surface area contributed by atoms with Gasteiger partial charge < -0.3 is 25.6 Å². The van der Waals surface area contributed by atoms with Gasteiger partial charge in [-0.15, -0.1) is 0 Å². The standard InChI is InChI=1S/C40H51F3N4O7.CH4.H2S/c1-5-38(3)37(53)45-30(25-27-16-9-6-10-17-27)36(52)47-23-15-21-31(47)35(51)44-29(34(50)46-38)20-13-8-14-22-32(48)26(2)24-33(49)39(54-4,40(41,42)43)28-18-11-7-12-19-28;;/h6-7,9-12,16-19,26,29-31H,5,8,13-15,20-25H2,1-4H3,(H,44,51)(H,45,53)(H,46,50);1H4;1H2/t26-,29+,30+,31-,38+,39+;;/m1../s1. The molecule has 0 bridgehead atoms. The number of fused-ring (bicyclic) bond motifs is 1. The van der Waals surface area contributed by atoms with Crippen LogP contribution in [0.15, 0.2) is 60.7 Å². The molecular weight excluding hydrogens is 750 g/mol. The molecule has 3 N–H and O–H groups in total. The minimum absolute atomic E-state index is 0. The largest absolute Gasteiger partial charge is 0.428 e. The topological polar surface area (TPSA) is 151 Å². The van der Waals surface area contributed by atoms with Crippen molar-refractivity contribution in [3.05, 3.63) is 71.8 Å². The Balaban J connectivity index is 0.00000541. The maximum atomic E-state index is 14.3. The lowest BCUT2D eigenvalue weighted by molar-refractivity contribution is -0.265. The summed E-state index contributed by atoms with van der Waals surface area (Å²) in [4.78, 5) is 82.6. The zero-order valence-corrected chi connectivity index (χ0v) is 32.8. The van der Waals surface area contributed by atoms with E-state index in [0.29, 0.717) is 38.6 Å².